The van der Waals surface area contributed by atoms with E-state index >= 15 is 0 Å². The number of halogens is 1. The molecule has 0 N–H and O–H groups in total. The standard InChI is InChI=1S/C14H16ClNO2/c15-11-4-5-12-10(8-11)9-13(18-12)14(17)16-6-2-1-3-7-16/h4-5,8,13H,1-3,6-7,9H2. The Morgan fingerprint density at radius 2 is 2.06 bits per heavy atom. The van der Waals surface area contributed by atoms with Gasteiger partial charge in [0, 0.05) is 24.5 Å². The van der Waals surface area contributed by atoms with Crippen LogP contribution in [0.5, 0.6) is 5.75 Å². The number of carbonyl (C=O) groups excluding carboxylic acids is 1. The van der Waals surface area contributed by atoms with E-state index in [1.165, 1.54) is 6.42 Å². The quantitative estimate of drug-likeness (QED) is 0.781. The van der Waals surface area contributed by atoms with E-state index in [0.29, 0.717) is 11.4 Å². The SMILES string of the molecule is O=C(C1Cc2cc(Cl)ccc2O1)N1CCCCC1. The summed E-state index contributed by atoms with van der Waals surface area (Å²) in [5, 5.41) is 0.698. The van der Waals surface area contributed by atoms with Crippen molar-refractivity contribution in [1.82, 2.24) is 4.90 Å². The zero-order chi connectivity index (χ0) is 12.5. The Labute approximate surface area is 112 Å². The summed E-state index contributed by atoms with van der Waals surface area (Å²) in [6.07, 6.45) is 3.74. The zero-order valence-electron chi connectivity index (χ0n) is 10.2. The van der Waals surface area contributed by atoms with E-state index in [2.05, 4.69) is 0 Å². The van der Waals surface area contributed by atoms with Gasteiger partial charge in [-0.15, -0.1) is 0 Å². The van der Waals surface area contributed by atoms with E-state index < -0.39 is 0 Å². The Bertz CT molecular complexity index is 469. The highest BCUT2D eigenvalue weighted by Gasteiger charge is 2.32. The number of carbonyl (C=O) groups is 1. The molecule has 2 heterocycles. The van der Waals surface area contributed by atoms with Crippen LogP contribution in [0.25, 0.3) is 0 Å². The van der Waals surface area contributed by atoms with Crippen LogP contribution in [0.4, 0.5) is 0 Å². The lowest BCUT2D eigenvalue weighted by atomic mass is 10.1. The predicted molar refractivity (Wildman–Crippen MR) is 70.0 cm³/mol. The van der Waals surface area contributed by atoms with E-state index in [-0.39, 0.29) is 12.0 Å². The van der Waals surface area contributed by atoms with Crippen molar-refractivity contribution in [3.05, 3.63) is 28.8 Å². The summed E-state index contributed by atoms with van der Waals surface area (Å²) in [6.45, 7) is 1.74. The highest BCUT2D eigenvalue weighted by Crippen LogP contribution is 2.32. The predicted octanol–water partition coefficient (Wildman–Crippen LogP) is 2.66. The normalized spacial score (nSPS) is 22.5. The molecule has 1 aromatic rings. The number of fused-ring (bicyclic) bond motifs is 1. The van der Waals surface area contributed by atoms with Crippen molar-refractivity contribution >= 4 is 17.5 Å². The Hall–Kier alpha value is -1.22. The maximum Gasteiger partial charge on any atom is 0.263 e. The molecule has 0 radical (unpaired) electrons. The second-order valence-electron chi connectivity index (χ2n) is 4.95. The topological polar surface area (TPSA) is 29.5 Å². The van der Waals surface area contributed by atoms with Crippen molar-refractivity contribution in [1.29, 1.82) is 0 Å². The minimum absolute atomic E-state index is 0.127. The molecule has 2 aliphatic rings. The van der Waals surface area contributed by atoms with Gasteiger partial charge in [0.1, 0.15) is 5.75 Å². The van der Waals surface area contributed by atoms with Crippen LogP contribution < -0.4 is 4.74 Å². The van der Waals surface area contributed by atoms with Gasteiger partial charge in [0.05, 0.1) is 0 Å². The van der Waals surface area contributed by atoms with Crippen molar-refractivity contribution in [2.45, 2.75) is 31.8 Å². The number of benzene rings is 1. The van der Waals surface area contributed by atoms with Crippen LogP contribution in [0.15, 0.2) is 18.2 Å². The van der Waals surface area contributed by atoms with Gasteiger partial charge < -0.3 is 9.64 Å². The first-order valence-corrected chi connectivity index (χ1v) is 6.86. The number of rotatable bonds is 1. The number of nitrogens with zero attached hydrogens (tertiary/aromatic N) is 1. The molecule has 1 fully saturated rings. The van der Waals surface area contributed by atoms with Gasteiger partial charge in [0.25, 0.3) is 5.91 Å². The van der Waals surface area contributed by atoms with Crippen LogP contribution in [0.1, 0.15) is 24.8 Å². The maximum absolute atomic E-state index is 12.3. The second kappa shape index (κ2) is 4.81. The number of likely N-dealkylation sites (tertiary alicyclic amines) is 1. The molecule has 1 atom stereocenters. The molecule has 3 rings (SSSR count). The third-order valence-corrected chi connectivity index (χ3v) is 3.88. The van der Waals surface area contributed by atoms with Crippen LogP contribution >= 0.6 is 11.6 Å². The van der Waals surface area contributed by atoms with Gasteiger partial charge in [0.2, 0.25) is 0 Å². The molecule has 0 saturated carbocycles. The number of amides is 1. The van der Waals surface area contributed by atoms with Crippen LogP contribution in [-0.2, 0) is 11.2 Å². The Morgan fingerprint density at radius 3 is 2.83 bits per heavy atom. The maximum atomic E-state index is 12.3. The van der Waals surface area contributed by atoms with Gasteiger partial charge >= 0.3 is 0 Å². The molecule has 18 heavy (non-hydrogen) atoms. The minimum atomic E-state index is -0.350. The fourth-order valence-corrected chi connectivity index (χ4v) is 2.87. The van der Waals surface area contributed by atoms with Gasteiger partial charge in [-0.1, -0.05) is 11.6 Å². The summed E-state index contributed by atoms with van der Waals surface area (Å²) in [6, 6.07) is 5.54. The van der Waals surface area contributed by atoms with E-state index in [9.17, 15) is 4.79 Å². The lowest BCUT2D eigenvalue weighted by molar-refractivity contribution is -0.138. The zero-order valence-corrected chi connectivity index (χ0v) is 10.9. The number of hydrogen-bond donors (Lipinski definition) is 0. The molecular weight excluding hydrogens is 250 g/mol. The highest BCUT2D eigenvalue weighted by atomic mass is 35.5. The molecule has 0 aromatic heterocycles. The molecule has 4 heteroatoms. The van der Waals surface area contributed by atoms with Crippen LogP contribution in [0.2, 0.25) is 5.02 Å². The molecule has 1 unspecified atom stereocenters. The summed E-state index contributed by atoms with van der Waals surface area (Å²) < 4.78 is 5.73. The average molecular weight is 266 g/mol. The molecule has 96 valence electrons. The van der Waals surface area contributed by atoms with Crippen molar-refractivity contribution < 1.29 is 9.53 Å². The summed E-state index contributed by atoms with van der Waals surface area (Å²) in [5.41, 5.74) is 1.04. The summed E-state index contributed by atoms with van der Waals surface area (Å²) in [4.78, 5) is 14.3. The smallest absolute Gasteiger partial charge is 0.263 e. The van der Waals surface area contributed by atoms with Crippen molar-refractivity contribution in [2.24, 2.45) is 0 Å². The lowest BCUT2D eigenvalue weighted by Crippen LogP contribution is -2.43. The van der Waals surface area contributed by atoms with Crippen LogP contribution in [-0.4, -0.2) is 30.0 Å². The molecular formula is C14H16ClNO2. The van der Waals surface area contributed by atoms with E-state index in [1.807, 2.05) is 17.0 Å². The fourth-order valence-electron chi connectivity index (χ4n) is 2.67. The molecule has 0 spiro atoms. The van der Waals surface area contributed by atoms with Gasteiger partial charge in [-0.2, -0.15) is 0 Å². The molecule has 1 saturated heterocycles. The summed E-state index contributed by atoms with van der Waals surface area (Å²) in [7, 11) is 0. The molecule has 1 amide bonds. The van der Waals surface area contributed by atoms with Crippen molar-refractivity contribution in [2.75, 3.05) is 13.1 Å². The summed E-state index contributed by atoms with van der Waals surface area (Å²) >= 11 is 5.95. The van der Waals surface area contributed by atoms with E-state index in [1.54, 1.807) is 6.07 Å². The molecule has 2 aliphatic heterocycles. The third kappa shape index (κ3) is 2.19. The summed E-state index contributed by atoms with van der Waals surface area (Å²) in [5.74, 6) is 0.928. The molecule has 3 nitrogen and oxygen atoms in total. The number of piperidine rings is 1. The third-order valence-electron chi connectivity index (χ3n) is 3.64. The van der Waals surface area contributed by atoms with Gasteiger partial charge in [-0.3, -0.25) is 4.79 Å². The Kier molecular flexibility index (Phi) is 3.16. The van der Waals surface area contributed by atoms with Gasteiger partial charge in [0.15, 0.2) is 6.10 Å². The first-order chi connectivity index (χ1) is 8.74. The van der Waals surface area contributed by atoms with E-state index in [4.69, 9.17) is 16.3 Å². The Balaban J connectivity index is 1.71. The minimum Gasteiger partial charge on any atom is -0.480 e. The first kappa shape index (κ1) is 11.8. The van der Waals surface area contributed by atoms with Crippen molar-refractivity contribution in [3.63, 3.8) is 0 Å². The molecule has 1 aromatic carbocycles. The molecule has 0 bridgehead atoms. The first-order valence-electron chi connectivity index (χ1n) is 6.48. The highest BCUT2D eigenvalue weighted by molar-refractivity contribution is 6.30. The van der Waals surface area contributed by atoms with Crippen LogP contribution in [0.3, 0.4) is 0 Å². The largest absolute Gasteiger partial charge is 0.480 e. The number of ether oxygens (including phenoxy) is 1. The molecule has 0 aliphatic carbocycles. The average Bonchev–Trinajstić information content (AvgIpc) is 2.81. The number of hydrogen-bond acceptors (Lipinski definition) is 2. The lowest BCUT2D eigenvalue weighted by Gasteiger charge is -2.28. The van der Waals surface area contributed by atoms with Crippen LogP contribution in [0, 0.1) is 0 Å². The monoisotopic (exact) mass is 265 g/mol. The fraction of sp³-hybridized carbons (Fsp3) is 0.500. The Morgan fingerprint density at radius 1 is 1.28 bits per heavy atom. The van der Waals surface area contributed by atoms with Crippen molar-refractivity contribution in [3.8, 4) is 5.75 Å². The second-order valence-corrected chi connectivity index (χ2v) is 5.39. The van der Waals surface area contributed by atoms with E-state index in [0.717, 1.165) is 37.2 Å². The van der Waals surface area contributed by atoms with Gasteiger partial charge in [-0.05, 0) is 43.0 Å². The van der Waals surface area contributed by atoms with Gasteiger partial charge in [-0.25, -0.2) is 0 Å².